The quantitative estimate of drug-likeness (QED) is 0.588. The first-order chi connectivity index (χ1) is 9.08. The van der Waals surface area contributed by atoms with Crippen LogP contribution >= 0.6 is 11.6 Å². The van der Waals surface area contributed by atoms with Crippen LogP contribution < -0.4 is 9.47 Å². The van der Waals surface area contributed by atoms with Crippen molar-refractivity contribution < 1.29 is 24.5 Å². The maximum Gasteiger partial charge on any atom is 0.150 e. The summed E-state index contributed by atoms with van der Waals surface area (Å²) in [5.74, 6) is 0.778. The Morgan fingerprint density at radius 1 is 1.26 bits per heavy atom. The second kappa shape index (κ2) is 7.33. The smallest absolute Gasteiger partial charge is 0.150 e. The molecule has 0 saturated carbocycles. The van der Waals surface area contributed by atoms with Crippen molar-refractivity contribution in [3.8, 4) is 11.5 Å². The Bertz CT molecular complexity index is 410. The number of aliphatic hydroxyl groups is 2. The largest absolute Gasteiger partial charge is 0.496 e. The lowest BCUT2D eigenvalue weighted by atomic mass is 9.99. The van der Waals surface area contributed by atoms with E-state index in [0.717, 1.165) is 0 Å². The van der Waals surface area contributed by atoms with Crippen molar-refractivity contribution in [2.24, 2.45) is 0 Å². The SMILES string of the molecule is COc1cc(C=O)cc(OC)c1C(O)C(O)CCCl. The molecule has 19 heavy (non-hydrogen) atoms. The molecule has 0 heterocycles. The van der Waals surface area contributed by atoms with Gasteiger partial charge in [-0.1, -0.05) is 0 Å². The topological polar surface area (TPSA) is 76.0 Å². The van der Waals surface area contributed by atoms with Crippen LogP contribution in [0.15, 0.2) is 12.1 Å². The Labute approximate surface area is 116 Å². The number of hydrogen-bond donors (Lipinski definition) is 2. The molecule has 0 radical (unpaired) electrons. The fourth-order valence-corrected chi connectivity index (χ4v) is 2.00. The zero-order chi connectivity index (χ0) is 14.4. The van der Waals surface area contributed by atoms with Gasteiger partial charge in [0.15, 0.2) is 0 Å². The van der Waals surface area contributed by atoms with E-state index >= 15 is 0 Å². The van der Waals surface area contributed by atoms with Gasteiger partial charge in [0.2, 0.25) is 0 Å². The van der Waals surface area contributed by atoms with Gasteiger partial charge in [0.25, 0.3) is 0 Å². The summed E-state index contributed by atoms with van der Waals surface area (Å²) in [6, 6.07) is 2.95. The molecule has 0 aliphatic heterocycles. The average Bonchev–Trinajstić information content (AvgIpc) is 2.44. The van der Waals surface area contributed by atoms with Gasteiger partial charge in [-0.3, -0.25) is 4.79 Å². The number of benzene rings is 1. The van der Waals surface area contributed by atoms with Gasteiger partial charge in [0, 0.05) is 11.4 Å². The molecule has 2 N–H and O–H groups in total. The molecule has 6 heteroatoms. The number of alkyl halides is 1. The molecular weight excluding hydrogens is 272 g/mol. The first-order valence-electron chi connectivity index (χ1n) is 5.72. The summed E-state index contributed by atoms with van der Waals surface area (Å²) < 4.78 is 10.3. The molecule has 1 rings (SSSR count). The number of methoxy groups -OCH3 is 2. The van der Waals surface area contributed by atoms with E-state index in [1.165, 1.54) is 26.4 Å². The first-order valence-corrected chi connectivity index (χ1v) is 6.25. The molecule has 2 atom stereocenters. The Morgan fingerprint density at radius 3 is 2.16 bits per heavy atom. The lowest BCUT2D eigenvalue weighted by Crippen LogP contribution is -2.20. The minimum atomic E-state index is -1.20. The molecule has 1 aromatic carbocycles. The fourth-order valence-electron chi connectivity index (χ4n) is 1.78. The molecule has 0 aliphatic carbocycles. The van der Waals surface area contributed by atoms with Crippen LogP contribution in [0.5, 0.6) is 11.5 Å². The standard InChI is InChI=1S/C13H17ClO5/c1-18-10-5-8(7-15)6-11(19-2)12(10)13(17)9(16)3-4-14/h5-7,9,13,16-17H,3-4H2,1-2H3. The highest BCUT2D eigenvalue weighted by Gasteiger charge is 2.26. The zero-order valence-corrected chi connectivity index (χ0v) is 11.6. The van der Waals surface area contributed by atoms with E-state index in [1.807, 2.05) is 0 Å². The lowest BCUT2D eigenvalue weighted by Gasteiger charge is -2.22. The van der Waals surface area contributed by atoms with Crippen LogP contribution in [0.4, 0.5) is 0 Å². The predicted molar refractivity (Wildman–Crippen MR) is 71.2 cm³/mol. The Kier molecular flexibility index (Phi) is 6.08. The summed E-state index contributed by atoms with van der Waals surface area (Å²) in [6.45, 7) is 0. The number of hydrogen-bond acceptors (Lipinski definition) is 5. The van der Waals surface area contributed by atoms with Crippen LogP contribution in [-0.2, 0) is 0 Å². The van der Waals surface area contributed by atoms with Crippen molar-refractivity contribution in [1.29, 1.82) is 0 Å². The van der Waals surface area contributed by atoms with E-state index in [9.17, 15) is 15.0 Å². The number of halogens is 1. The molecule has 0 fully saturated rings. The van der Waals surface area contributed by atoms with E-state index in [-0.39, 0.29) is 23.8 Å². The number of carbonyl (C=O) groups excluding carboxylic acids is 1. The predicted octanol–water partition coefficient (Wildman–Crippen LogP) is 1.54. The second-order valence-electron chi connectivity index (χ2n) is 3.95. The molecular formula is C13H17ClO5. The average molecular weight is 289 g/mol. The molecule has 2 unspecified atom stereocenters. The molecule has 0 aliphatic rings. The van der Waals surface area contributed by atoms with Crippen LogP contribution in [0, 0.1) is 0 Å². The van der Waals surface area contributed by atoms with Crippen molar-refractivity contribution in [2.75, 3.05) is 20.1 Å². The van der Waals surface area contributed by atoms with Gasteiger partial charge in [-0.15, -0.1) is 11.6 Å². The zero-order valence-electron chi connectivity index (χ0n) is 10.8. The highest BCUT2D eigenvalue weighted by molar-refractivity contribution is 6.17. The van der Waals surface area contributed by atoms with Crippen LogP contribution in [0.25, 0.3) is 0 Å². The lowest BCUT2D eigenvalue weighted by molar-refractivity contribution is 0.0142. The minimum absolute atomic E-state index is 0.218. The summed E-state index contributed by atoms with van der Waals surface area (Å²) >= 11 is 5.54. The van der Waals surface area contributed by atoms with Gasteiger partial charge in [-0.25, -0.2) is 0 Å². The van der Waals surface area contributed by atoms with E-state index in [1.54, 1.807) is 0 Å². The van der Waals surface area contributed by atoms with E-state index in [2.05, 4.69) is 0 Å². The van der Waals surface area contributed by atoms with Gasteiger partial charge in [0.1, 0.15) is 23.9 Å². The third-order valence-electron chi connectivity index (χ3n) is 2.77. The van der Waals surface area contributed by atoms with Gasteiger partial charge < -0.3 is 19.7 Å². The van der Waals surface area contributed by atoms with Crippen molar-refractivity contribution in [2.45, 2.75) is 18.6 Å². The molecule has 1 aromatic rings. The van der Waals surface area contributed by atoms with E-state index in [0.29, 0.717) is 17.4 Å². The first kappa shape index (κ1) is 15.8. The number of ether oxygens (including phenoxy) is 2. The monoisotopic (exact) mass is 288 g/mol. The van der Waals surface area contributed by atoms with Crippen molar-refractivity contribution in [3.63, 3.8) is 0 Å². The molecule has 0 amide bonds. The number of aliphatic hydroxyl groups excluding tert-OH is 2. The molecule has 5 nitrogen and oxygen atoms in total. The van der Waals surface area contributed by atoms with Gasteiger partial charge in [-0.2, -0.15) is 0 Å². The molecule has 0 aromatic heterocycles. The molecule has 0 saturated heterocycles. The summed E-state index contributed by atoms with van der Waals surface area (Å²) in [7, 11) is 2.82. The molecule has 106 valence electrons. The Morgan fingerprint density at radius 2 is 1.79 bits per heavy atom. The number of aldehydes is 1. The van der Waals surface area contributed by atoms with Crippen molar-refractivity contribution in [1.82, 2.24) is 0 Å². The maximum atomic E-state index is 10.8. The Balaban J connectivity index is 3.26. The number of rotatable bonds is 7. The summed E-state index contributed by atoms with van der Waals surface area (Å²) in [4.78, 5) is 10.8. The molecule has 0 spiro atoms. The third-order valence-corrected chi connectivity index (χ3v) is 2.99. The van der Waals surface area contributed by atoms with Crippen LogP contribution in [0.2, 0.25) is 0 Å². The number of carbonyl (C=O) groups is 1. The highest BCUT2D eigenvalue weighted by Crippen LogP contribution is 2.37. The van der Waals surface area contributed by atoms with Crippen molar-refractivity contribution in [3.05, 3.63) is 23.3 Å². The third kappa shape index (κ3) is 3.59. The summed E-state index contributed by atoms with van der Waals surface area (Å²) in [6.07, 6.45) is -1.37. The second-order valence-corrected chi connectivity index (χ2v) is 4.32. The van der Waals surface area contributed by atoms with E-state index < -0.39 is 12.2 Å². The van der Waals surface area contributed by atoms with Crippen LogP contribution in [-0.4, -0.2) is 42.7 Å². The van der Waals surface area contributed by atoms with Crippen LogP contribution in [0.3, 0.4) is 0 Å². The van der Waals surface area contributed by atoms with Crippen molar-refractivity contribution >= 4 is 17.9 Å². The summed E-state index contributed by atoms with van der Waals surface area (Å²) in [5, 5.41) is 20.0. The van der Waals surface area contributed by atoms with Gasteiger partial charge in [-0.05, 0) is 18.6 Å². The maximum absolute atomic E-state index is 10.8. The fraction of sp³-hybridized carbons (Fsp3) is 0.462. The normalized spacial score (nSPS) is 13.7. The molecule has 0 bridgehead atoms. The van der Waals surface area contributed by atoms with Gasteiger partial charge >= 0.3 is 0 Å². The highest BCUT2D eigenvalue weighted by atomic mass is 35.5. The minimum Gasteiger partial charge on any atom is -0.496 e. The van der Waals surface area contributed by atoms with E-state index in [4.69, 9.17) is 21.1 Å². The van der Waals surface area contributed by atoms with Crippen LogP contribution in [0.1, 0.15) is 28.4 Å². The van der Waals surface area contributed by atoms with Gasteiger partial charge in [0.05, 0.1) is 25.9 Å². The Hall–Kier alpha value is -1.30. The summed E-state index contributed by atoms with van der Waals surface area (Å²) in [5.41, 5.74) is 0.657.